The number of amides is 3. The molecule has 0 saturated heterocycles. The molecule has 0 radical (unpaired) electrons. The first-order valence-electron chi connectivity index (χ1n) is 7.95. The summed E-state index contributed by atoms with van der Waals surface area (Å²) in [5.74, 6) is -0.421. The predicted octanol–water partition coefficient (Wildman–Crippen LogP) is 2.21. The molecule has 0 aliphatic carbocycles. The molecule has 0 saturated carbocycles. The molecule has 0 spiro atoms. The van der Waals surface area contributed by atoms with Crippen molar-refractivity contribution < 1.29 is 19.1 Å². The van der Waals surface area contributed by atoms with E-state index in [0.717, 1.165) is 4.47 Å². The van der Waals surface area contributed by atoms with Gasteiger partial charge in [-0.1, -0.05) is 22.0 Å². The van der Waals surface area contributed by atoms with Gasteiger partial charge >= 0.3 is 6.09 Å². The van der Waals surface area contributed by atoms with Crippen LogP contribution in [-0.4, -0.2) is 43.1 Å². The zero-order valence-corrected chi connectivity index (χ0v) is 16.2. The second kappa shape index (κ2) is 10.0. The van der Waals surface area contributed by atoms with E-state index in [1.807, 2.05) is 6.07 Å². The third-order valence-electron chi connectivity index (χ3n) is 2.84. The van der Waals surface area contributed by atoms with Crippen LogP contribution in [0, 0.1) is 0 Å². The van der Waals surface area contributed by atoms with Gasteiger partial charge in [0.25, 0.3) is 5.91 Å². The van der Waals surface area contributed by atoms with Crippen LogP contribution in [0.5, 0.6) is 0 Å². The molecule has 1 aromatic rings. The first kappa shape index (κ1) is 21.0. The minimum atomic E-state index is -0.571. The number of halogens is 1. The highest BCUT2D eigenvalue weighted by Gasteiger charge is 2.15. The largest absolute Gasteiger partial charge is 0.444 e. The molecule has 0 aliphatic rings. The zero-order chi connectivity index (χ0) is 18.9. The molecule has 8 heteroatoms. The number of hydrogen-bond donors (Lipinski definition) is 3. The van der Waals surface area contributed by atoms with Crippen LogP contribution in [-0.2, 0) is 9.53 Å². The molecular weight excluding hydrogens is 390 g/mol. The minimum absolute atomic E-state index is 0.138. The zero-order valence-electron chi connectivity index (χ0n) is 14.6. The van der Waals surface area contributed by atoms with Gasteiger partial charge in [-0.15, -0.1) is 0 Å². The quantitative estimate of drug-likeness (QED) is 0.596. The lowest BCUT2D eigenvalue weighted by Gasteiger charge is -2.19. The van der Waals surface area contributed by atoms with Crippen LogP contribution in [0.4, 0.5) is 4.79 Å². The standard InChI is InChI=1S/C17H24BrN3O4/c1-17(2,3)25-16(24)21-8-7-14(22)19-9-10-20-15(23)12-5-4-6-13(18)11-12/h4-6,11H,7-10H2,1-3H3,(H,19,22)(H,20,23)(H,21,24). The fraction of sp³-hybridized carbons (Fsp3) is 0.471. The number of hydrogen-bond acceptors (Lipinski definition) is 4. The Morgan fingerprint density at radius 2 is 1.72 bits per heavy atom. The summed E-state index contributed by atoms with van der Waals surface area (Å²) in [5, 5.41) is 7.89. The van der Waals surface area contributed by atoms with Crippen molar-refractivity contribution in [1.82, 2.24) is 16.0 Å². The van der Waals surface area contributed by atoms with E-state index in [1.165, 1.54) is 0 Å². The van der Waals surface area contributed by atoms with E-state index in [4.69, 9.17) is 4.74 Å². The third kappa shape index (κ3) is 9.71. The van der Waals surface area contributed by atoms with E-state index in [2.05, 4.69) is 31.9 Å². The highest BCUT2D eigenvalue weighted by Crippen LogP contribution is 2.11. The van der Waals surface area contributed by atoms with Crippen LogP contribution in [0.25, 0.3) is 0 Å². The lowest BCUT2D eigenvalue weighted by molar-refractivity contribution is -0.120. The highest BCUT2D eigenvalue weighted by molar-refractivity contribution is 9.10. The third-order valence-corrected chi connectivity index (χ3v) is 3.33. The first-order valence-corrected chi connectivity index (χ1v) is 8.74. The molecule has 3 amide bonds. The monoisotopic (exact) mass is 413 g/mol. The van der Waals surface area contributed by atoms with Crippen molar-refractivity contribution >= 4 is 33.8 Å². The molecule has 3 N–H and O–H groups in total. The number of ether oxygens (including phenoxy) is 1. The van der Waals surface area contributed by atoms with Gasteiger partial charge in [0.1, 0.15) is 5.60 Å². The van der Waals surface area contributed by atoms with Gasteiger partial charge in [-0.3, -0.25) is 9.59 Å². The number of rotatable bonds is 7. The molecule has 0 fully saturated rings. The van der Waals surface area contributed by atoms with E-state index in [0.29, 0.717) is 18.7 Å². The van der Waals surface area contributed by atoms with E-state index < -0.39 is 11.7 Å². The normalized spacial score (nSPS) is 10.7. The molecule has 138 valence electrons. The minimum Gasteiger partial charge on any atom is -0.444 e. The summed E-state index contributed by atoms with van der Waals surface area (Å²) in [6.45, 7) is 6.11. The lowest BCUT2D eigenvalue weighted by Crippen LogP contribution is -2.37. The van der Waals surface area contributed by atoms with Gasteiger partial charge in [0.15, 0.2) is 0 Å². The summed E-state index contributed by atoms with van der Waals surface area (Å²) in [6.07, 6.45) is -0.416. The molecule has 0 bridgehead atoms. The number of alkyl carbamates (subject to hydrolysis) is 1. The van der Waals surface area contributed by atoms with Crippen LogP contribution in [0.15, 0.2) is 28.7 Å². The number of benzene rings is 1. The van der Waals surface area contributed by atoms with Crippen molar-refractivity contribution in [1.29, 1.82) is 0 Å². The van der Waals surface area contributed by atoms with Gasteiger partial charge < -0.3 is 20.7 Å². The van der Waals surface area contributed by atoms with Gasteiger partial charge in [-0.25, -0.2) is 4.79 Å². The van der Waals surface area contributed by atoms with Crippen LogP contribution in [0.3, 0.4) is 0 Å². The summed E-state index contributed by atoms with van der Waals surface area (Å²) < 4.78 is 5.89. The summed E-state index contributed by atoms with van der Waals surface area (Å²) in [6, 6.07) is 7.04. The fourth-order valence-corrected chi connectivity index (χ4v) is 2.19. The number of carbonyl (C=O) groups is 3. The van der Waals surface area contributed by atoms with Crippen molar-refractivity contribution in [3.05, 3.63) is 34.3 Å². The van der Waals surface area contributed by atoms with Crippen molar-refractivity contribution in [3.63, 3.8) is 0 Å². The molecule has 7 nitrogen and oxygen atoms in total. The maximum Gasteiger partial charge on any atom is 0.407 e. The van der Waals surface area contributed by atoms with Crippen LogP contribution >= 0.6 is 15.9 Å². The Hall–Kier alpha value is -2.09. The Bertz CT molecular complexity index is 614. The van der Waals surface area contributed by atoms with Gasteiger partial charge in [-0.05, 0) is 39.0 Å². The average Bonchev–Trinajstić information content (AvgIpc) is 2.49. The van der Waals surface area contributed by atoms with Crippen molar-refractivity contribution in [2.45, 2.75) is 32.8 Å². The van der Waals surface area contributed by atoms with E-state index in [9.17, 15) is 14.4 Å². The van der Waals surface area contributed by atoms with Gasteiger partial charge in [0, 0.05) is 36.1 Å². The number of carbonyl (C=O) groups excluding carboxylic acids is 3. The molecule has 0 unspecified atom stereocenters. The Morgan fingerprint density at radius 3 is 2.36 bits per heavy atom. The fourth-order valence-electron chi connectivity index (χ4n) is 1.79. The second-order valence-corrected chi connectivity index (χ2v) is 7.21. The predicted molar refractivity (Wildman–Crippen MR) is 98.3 cm³/mol. The molecule has 0 aliphatic heterocycles. The Labute approximate surface area is 156 Å². The van der Waals surface area contributed by atoms with Crippen molar-refractivity contribution in [2.75, 3.05) is 19.6 Å². The number of nitrogens with one attached hydrogen (secondary N) is 3. The SMILES string of the molecule is CC(C)(C)OC(=O)NCCC(=O)NCCNC(=O)c1cccc(Br)c1. The van der Waals surface area contributed by atoms with Crippen LogP contribution in [0.1, 0.15) is 37.6 Å². The highest BCUT2D eigenvalue weighted by atomic mass is 79.9. The van der Waals surface area contributed by atoms with Crippen LogP contribution in [0.2, 0.25) is 0 Å². The van der Waals surface area contributed by atoms with Gasteiger partial charge in [0.2, 0.25) is 5.91 Å². The van der Waals surface area contributed by atoms with Gasteiger partial charge in [0.05, 0.1) is 0 Å². The molecule has 1 rings (SSSR count). The maximum absolute atomic E-state index is 11.9. The van der Waals surface area contributed by atoms with Gasteiger partial charge in [-0.2, -0.15) is 0 Å². The average molecular weight is 414 g/mol. The maximum atomic E-state index is 11.9. The smallest absolute Gasteiger partial charge is 0.407 e. The molecule has 25 heavy (non-hydrogen) atoms. The molecular formula is C17H24BrN3O4. The lowest BCUT2D eigenvalue weighted by atomic mass is 10.2. The van der Waals surface area contributed by atoms with E-state index in [1.54, 1.807) is 39.0 Å². The Kier molecular flexibility index (Phi) is 8.40. The van der Waals surface area contributed by atoms with Crippen molar-refractivity contribution in [3.8, 4) is 0 Å². The molecule has 0 heterocycles. The van der Waals surface area contributed by atoms with E-state index >= 15 is 0 Å². The molecule has 1 aromatic carbocycles. The van der Waals surface area contributed by atoms with Crippen molar-refractivity contribution in [2.24, 2.45) is 0 Å². The second-order valence-electron chi connectivity index (χ2n) is 6.29. The van der Waals surface area contributed by atoms with E-state index in [-0.39, 0.29) is 24.8 Å². The first-order chi connectivity index (χ1) is 11.7. The molecule has 0 atom stereocenters. The Balaban J connectivity index is 2.14. The topological polar surface area (TPSA) is 96.5 Å². The molecule has 0 aromatic heterocycles. The summed E-state index contributed by atoms with van der Waals surface area (Å²) >= 11 is 3.31. The summed E-state index contributed by atoms with van der Waals surface area (Å²) in [7, 11) is 0. The Morgan fingerprint density at radius 1 is 1.04 bits per heavy atom. The summed E-state index contributed by atoms with van der Waals surface area (Å²) in [4.78, 5) is 35.0. The summed E-state index contributed by atoms with van der Waals surface area (Å²) in [5.41, 5.74) is -0.0268. The van der Waals surface area contributed by atoms with Crippen LogP contribution < -0.4 is 16.0 Å².